The molecule has 0 aliphatic rings. The molecule has 0 fully saturated rings. The summed E-state index contributed by atoms with van der Waals surface area (Å²) in [6.45, 7) is 2.00. The fraction of sp³-hybridized carbons (Fsp3) is 0.238. The van der Waals surface area contributed by atoms with Gasteiger partial charge in [0, 0.05) is 12.6 Å². The molecule has 0 saturated heterocycles. The van der Waals surface area contributed by atoms with Crippen molar-refractivity contribution in [3.8, 4) is 11.5 Å². The summed E-state index contributed by atoms with van der Waals surface area (Å²) in [5, 5.41) is 5.44. The normalized spacial score (nSPS) is 11.7. The monoisotopic (exact) mass is 368 g/mol. The Labute approximate surface area is 159 Å². The number of hydrogen-bond acceptors (Lipinski definition) is 4. The molecule has 2 rings (SSSR count). The fourth-order valence-corrected chi connectivity index (χ4v) is 2.34. The molecular formula is C21H24N2O4. The van der Waals surface area contributed by atoms with Gasteiger partial charge in [0.2, 0.25) is 11.8 Å². The predicted octanol–water partition coefficient (Wildman–Crippen LogP) is 2.54. The molecule has 0 spiro atoms. The van der Waals surface area contributed by atoms with Crippen LogP contribution in [0.1, 0.15) is 18.1 Å². The Bertz CT molecular complexity index is 800. The van der Waals surface area contributed by atoms with E-state index in [0.29, 0.717) is 6.54 Å². The van der Waals surface area contributed by atoms with Crippen LogP contribution in [0.2, 0.25) is 0 Å². The van der Waals surface area contributed by atoms with E-state index in [-0.39, 0.29) is 11.8 Å². The number of amides is 2. The number of benzene rings is 2. The van der Waals surface area contributed by atoms with Crippen LogP contribution < -0.4 is 20.1 Å². The third kappa shape index (κ3) is 6.51. The van der Waals surface area contributed by atoms with Crippen LogP contribution in [-0.4, -0.2) is 32.1 Å². The molecule has 6 heteroatoms. The van der Waals surface area contributed by atoms with Crippen LogP contribution in [0.25, 0.3) is 6.08 Å². The minimum absolute atomic E-state index is 0.260. The Morgan fingerprint density at radius 2 is 1.74 bits per heavy atom. The summed E-state index contributed by atoms with van der Waals surface area (Å²) in [5.74, 6) is 0.878. The Morgan fingerprint density at radius 1 is 1.04 bits per heavy atom. The Kier molecular flexibility index (Phi) is 7.43. The van der Waals surface area contributed by atoms with Gasteiger partial charge in [0.1, 0.15) is 17.5 Å². The van der Waals surface area contributed by atoms with E-state index in [1.54, 1.807) is 27.2 Å². The molecule has 2 aromatic rings. The van der Waals surface area contributed by atoms with Gasteiger partial charge in [-0.15, -0.1) is 0 Å². The zero-order valence-corrected chi connectivity index (χ0v) is 15.7. The number of nitrogens with one attached hydrogen (secondary N) is 2. The average molecular weight is 368 g/mol. The molecule has 6 nitrogen and oxygen atoms in total. The molecule has 27 heavy (non-hydrogen) atoms. The smallest absolute Gasteiger partial charge is 0.244 e. The lowest BCUT2D eigenvalue weighted by Gasteiger charge is -2.13. The van der Waals surface area contributed by atoms with Crippen LogP contribution in [0.5, 0.6) is 11.5 Å². The summed E-state index contributed by atoms with van der Waals surface area (Å²) in [6, 6.07) is 14.1. The molecular weight excluding hydrogens is 344 g/mol. The van der Waals surface area contributed by atoms with Gasteiger partial charge in [0.25, 0.3) is 0 Å². The highest BCUT2D eigenvalue weighted by atomic mass is 16.5. The van der Waals surface area contributed by atoms with Crippen molar-refractivity contribution in [1.82, 2.24) is 10.6 Å². The van der Waals surface area contributed by atoms with Gasteiger partial charge in [-0.05, 0) is 48.4 Å². The van der Waals surface area contributed by atoms with Crippen molar-refractivity contribution in [2.45, 2.75) is 19.5 Å². The van der Waals surface area contributed by atoms with Gasteiger partial charge in [0.15, 0.2) is 0 Å². The summed E-state index contributed by atoms with van der Waals surface area (Å²) < 4.78 is 10.2. The summed E-state index contributed by atoms with van der Waals surface area (Å²) in [4.78, 5) is 24.1. The van der Waals surface area contributed by atoms with Crippen molar-refractivity contribution in [1.29, 1.82) is 0 Å². The Hall–Kier alpha value is -3.28. The second-order valence-corrected chi connectivity index (χ2v) is 5.91. The number of methoxy groups -OCH3 is 2. The maximum atomic E-state index is 12.2. The molecule has 0 saturated carbocycles. The van der Waals surface area contributed by atoms with E-state index in [2.05, 4.69) is 10.6 Å². The number of carbonyl (C=O) groups is 2. The quantitative estimate of drug-likeness (QED) is 0.702. The summed E-state index contributed by atoms with van der Waals surface area (Å²) in [6.07, 6.45) is 3.07. The molecule has 142 valence electrons. The van der Waals surface area contributed by atoms with Crippen LogP contribution >= 0.6 is 0 Å². The number of hydrogen-bond donors (Lipinski definition) is 2. The van der Waals surface area contributed by atoms with Crippen LogP contribution in [-0.2, 0) is 16.1 Å². The van der Waals surface area contributed by atoms with Crippen molar-refractivity contribution in [2.75, 3.05) is 14.2 Å². The summed E-state index contributed by atoms with van der Waals surface area (Å²) >= 11 is 0. The summed E-state index contributed by atoms with van der Waals surface area (Å²) in [7, 11) is 3.19. The van der Waals surface area contributed by atoms with Gasteiger partial charge >= 0.3 is 0 Å². The first-order chi connectivity index (χ1) is 13.0. The van der Waals surface area contributed by atoms with Crippen molar-refractivity contribution in [3.63, 3.8) is 0 Å². The largest absolute Gasteiger partial charge is 0.497 e. The minimum atomic E-state index is -0.649. The lowest BCUT2D eigenvalue weighted by Crippen LogP contribution is -2.44. The number of rotatable bonds is 8. The van der Waals surface area contributed by atoms with Gasteiger partial charge in [-0.2, -0.15) is 0 Å². The SMILES string of the molecule is COc1ccc(/C=C/C(=O)NC(C)C(=O)NCc2cccc(OC)c2)cc1. The zero-order valence-electron chi connectivity index (χ0n) is 15.7. The molecule has 1 atom stereocenters. The van der Waals surface area contributed by atoms with Gasteiger partial charge in [-0.25, -0.2) is 0 Å². The van der Waals surface area contributed by atoms with Gasteiger partial charge in [0.05, 0.1) is 14.2 Å². The summed E-state index contributed by atoms with van der Waals surface area (Å²) in [5.41, 5.74) is 1.78. The number of carbonyl (C=O) groups excluding carboxylic acids is 2. The van der Waals surface area contributed by atoms with Gasteiger partial charge in [-0.3, -0.25) is 9.59 Å². The van der Waals surface area contributed by atoms with E-state index in [0.717, 1.165) is 22.6 Å². The standard InChI is InChI=1S/C21H24N2O4/c1-15(21(25)22-14-17-5-4-6-19(13-17)27-3)23-20(24)12-9-16-7-10-18(26-2)11-8-16/h4-13,15H,14H2,1-3H3,(H,22,25)(H,23,24)/b12-9+. The van der Waals surface area contributed by atoms with E-state index in [1.165, 1.54) is 6.08 Å². The van der Waals surface area contributed by atoms with E-state index in [4.69, 9.17) is 9.47 Å². The zero-order chi connectivity index (χ0) is 19.6. The average Bonchev–Trinajstić information content (AvgIpc) is 2.70. The molecule has 0 radical (unpaired) electrons. The van der Waals surface area contributed by atoms with E-state index < -0.39 is 6.04 Å². The second-order valence-electron chi connectivity index (χ2n) is 5.91. The first kappa shape index (κ1) is 20.0. The Morgan fingerprint density at radius 3 is 2.41 bits per heavy atom. The molecule has 0 aromatic heterocycles. The van der Waals surface area contributed by atoms with Gasteiger partial charge in [-0.1, -0.05) is 24.3 Å². The van der Waals surface area contributed by atoms with Crippen LogP contribution in [0, 0.1) is 0 Å². The molecule has 2 amide bonds. The lowest BCUT2D eigenvalue weighted by molar-refractivity contribution is -0.126. The van der Waals surface area contributed by atoms with E-state index >= 15 is 0 Å². The maximum Gasteiger partial charge on any atom is 0.244 e. The maximum absolute atomic E-state index is 12.2. The molecule has 0 aliphatic heterocycles. The van der Waals surface area contributed by atoms with Crippen molar-refractivity contribution >= 4 is 17.9 Å². The van der Waals surface area contributed by atoms with Crippen LogP contribution in [0.4, 0.5) is 0 Å². The fourth-order valence-electron chi connectivity index (χ4n) is 2.34. The van der Waals surface area contributed by atoms with Crippen molar-refractivity contribution < 1.29 is 19.1 Å². The van der Waals surface area contributed by atoms with Crippen LogP contribution in [0.3, 0.4) is 0 Å². The lowest BCUT2D eigenvalue weighted by atomic mass is 10.2. The highest BCUT2D eigenvalue weighted by Gasteiger charge is 2.13. The third-order valence-electron chi connectivity index (χ3n) is 3.90. The molecule has 0 heterocycles. The molecule has 2 N–H and O–H groups in total. The van der Waals surface area contributed by atoms with Crippen molar-refractivity contribution in [2.24, 2.45) is 0 Å². The van der Waals surface area contributed by atoms with E-state index in [1.807, 2.05) is 48.5 Å². The minimum Gasteiger partial charge on any atom is -0.497 e. The molecule has 0 aliphatic carbocycles. The van der Waals surface area contributed by atoms with Crippen LogP contribution in [0.15, 0.2) is 54.6 Å². The first-order valence-corrected chi connectivity index (χ1v) is 8.55. The molecule has 0 bridgehead atoms. The second kappa shape index (κ2) is 10.0. The topological polar surface area (TPSA) is 76.7 Å². The van der Waals surface area contributed by atoms with Crippen molar-refractivity contribution in [3.05, 3.63) is 65.7 Å². The predicted molar refractivity (Wildman–Crippen MR) is 104 cm³/mol. The highest BCUT2D eigenvalue weighted by Crippen LogP contribution is 2.13. The Balaban J connectivity index is 1.81. The van der Waals surface area contributed by atoms with Gasteiger partial charge < -0.3 is 20.1 Å². The third-order valence-corrected chi connectivity index (χ3v) is 3.90. The van der Waals surface area contributed by atoms with E-state index in [9.17, 15) is 9.59 Å². The highest BCUT2D eigenvalue weighted by molar-refractivity contribution is 5.95. The first-order valence-electron chi connectivity index (χ1n) is 8.55. The molecule has 1 unspecified atom stereocenters. The molecule has 2 aromatic carbocycles. The number of ether oxygens (including phenoxy) is 2.